The van der Waals surface area contributed by atoms with Crippen molar-refractivity contribution in [1.29, 1.82) is 0 Å². The zero-order valence-electron chi connectivity index (χ0n) is 13.4. The van der Waals surface area contributed by atoms with E-state index in [1.165, 1.54) is 14.2 Å². The van der Waals surface area contributed by atoms with Crippen molar-refractivity contribution in [3.63, 3.8) is 0 Å². The molecule has 1 N–H and O–H groups in total. The van der Waals surface area contributed by atoms with Crippen molar-refractivity contribution in [3.05, 3.63) is 22.7 Å². The first-order valence-corrected chi connectivity index (χ1v) is 7.16. The van der Waals surface area contributed by atoms with Gasteiger partial charge in [-0.2, -0.15) is 0 Å². The highest BCUT2D eigenvalue weighted by molar-refractivity contribution is 6.23. The topological polar surface area (TPSA) is 89.9 Å². The molecule has 0 aliphatic heterocycles. The van der Waals surface area contributed by atoms with Gasteiger partial charge in [0.1, 0.15) is 0 Å². The SMILES string of the molecule is COC1=C(OC)C(=O)C(CCC(C)CCC(=O)O)=C(C)C1=O. The lowest BCUT2D eigenvalue weighted by atomic mass is 9.87. The molecule has 6 heteroatoms. The summed E-state index contributed by atoms with van der Waals surface area (Å²) in [7, 11) is 2.65. The number of carbonyl (C=O) groups excluding carboxylic acids is 2. The van der Waals surface area contributed by atoms with Gasteiger partial charge in [-0.25, -0.2) is 0 Å². The van der Waals surface area contributed by atoms with Gasteiger partial charge in [-0.05, 0) is 32.1 Å². The van der Waals surface area contributed by atoms with Crippen LogP contribution in [0, 0.1) is 5.92 Å². The zero-order valence-corrected chi connectivity index (χ0v) is 13.4. The van der Waals surface area contributed by atoms with E-state index >= 15 is 0 Å². The van der Waals surface area contributed by atoms with E-state index in [4.69, 9.17) is 14.6 Å². The maximum absolute atomic E-state index is 12.4. The van der Waals surface area contributed by atoms with Gasteiger partial charge in [0.15, 0.2) is 0 Å². The first kappa shape index (κ1) is 17.9. The maximum atomic E-state index is 12.4. The summed E-state index contributed by atoms with van der Waals surface area (Å²) in [5, 5.41) is 8.68. The lowest BCUT2D eigenvalue weighted by Crippen LogP contribution is -2.25. The van der Waals surface area contributed by atoms with E-state index in [1.54, 1.807) is 6.92 Å². The molecule has 122 valence electrons. The van der Waals surface area contributed by atoms with Gasteiger partial charge in [0, 0.05) is 17.6 Å². The number of allylic oxidation sites excluding steroid dienone is 2. The molecule has 0 heterocycles. The monoisotopic (exact) mass is 310 g/mol. The zero-order chi connectivity index (χ0) is 16.9. The molecule has 0 saturated carbocycles. The summed E-state index contributed by atoms with van der Waals surface area (Å²) in [6.45, 7) is 3.53. The van der Waals surface area contributed by atoms with Gasteiger partial charge in [-0.3, -0.25) is 14.4 Å². The van der Waals surface area contributed by atoms with Crippen LogP contribution in [0.5, 0.6) is 0 Å². The number of ketones is 2. The highest BCUT2D eigenvalue weighted by Gasteiger charge is 2.34. The summed E-state index contributed by atoms with van der Waals surface area (Å²) < 4.78 is 9.99. The van der Waals surface area contributed by atoms with Crippen molar-refractivity contribution in [2.75, 3.05) is 14.2 Å². The number of Topliss-reactive ketones (excluding diaryl/α,β-unsaturated/α-hetero) is 2. The van der Waals surface area contributed by atoms with E-state index in [0.29, 0.717) is 30.4 Å². The average Bonchev–Trinajstić information content (AvgIpc) is 2.48. The minimum Gasteiger partial charge on any atom is -0.489 e. The highest BCUT2D eigenvalue weighted by atomic mass is 16.5. The van der Waals surface area contributed by atoms with Crippen molar-refractivity contribution in [2.45, 2.75) is 39.5 Å². The summed E-state index contributed by atoms with van der Waals surface area (Å²) in [5.41, 5.74) is 0.790. The fourth-order valence-electron chi connectivity index (χ4n) is 2.40. The van der Waals surface area contributed by atoms with Gasteiger partial charge < -0.3 is 14.6 Å². The van der Waals surface area contributed by atoms with Gasteiger partial charge in [0.2, 0.25) is 23.1 Å². The fourth-order valence-corrected chi connectivity index (χ4v) is 2.40. The summed E-state index contributed by atoms with van der Waals surface area (Å²) in [6.07, 6.45) is 1.70. The Bertz CT molecular complexity index is 541. The molecule has 0 spiro atoms. The van der Waals surface area contributed by atoms with E-state index in [-0.39, 0.29) is 35.4 Å². The Morgan fingerprint density at radius 1 is 1.09 bits per heavy atom. The molecule has 1 aliphatic carbocycles. The van der Waals surface area contributed by atoms with Crippen molar-refractivity contribution in [1.82, 2.24) is 0 Å². The standard InChI is InChI=1S/C16H22O6/c1-9(6-8-12(17)18)5-7-11-10(2)13(19)15(21-3)16(22-4)14(11)20/h9H,5-8H2,1-4H3,(H,17,18). The van der Waals surface area contributed by atoms with Gasteiger partial charge in [0.05, 0.1) is 14.2 Å². The molecule has 6 nitrogen and oxygen atoms in total. The average molecular weight is 310 g/mol. The molecular weight excluding hydrogens is 288 g/mol. The molecule has 0 radical (unpaired) electrons. The number of methoxy groups -OCH3 is 2. The fraction of sp³-hybridized carbons (Fsp3) is 0.562. The number of hydrogen-bond acceptors (Lipinski definition) is 5. The Hall–Kier alpha value is -2.11. The third-order valence-corrected chi connectivity index (χ3v) is 3.83. The molecular formula is C16H22O6. The minimum atomic E-state index is -0.833. The van der Waals surface area contributed by atoms with Crippen LogP contribution in [0.1, 0.15) is 39.5 Å². The first-order chi connectivity index (χ1) is 10.3. The normalized spacial score (nSPS) is 16.9. The van der Waals surface area contributed by atoms with Crippen molar-refractivity contribution < 1.29 is 29.0 Å². The van der Waals surface area contributed by atoms with Crippen LogP contribution in [0.2, 0.25) is 0 Å². The second-order valence-corrected chi connectivity index (χ2v) is 5.40. The van der Waals surface area contributed by atoms with E-state index in [0.717, 1.165) is 0 Å². The molecule has 1 atom stereocenters. The molecule has 22 heavy (non-hydrogen) atoms. The number of rotatable bonds is 8. The molecule has 0 aromatic carbocycles. The third kappa shape index (κ3) is 3.96. The van der Waals surface area contributed by atoms with Crippen molar-refractivity contribution in [3.8, 4) is 0 Å². The van der Waals surface area contributed by atoms with Crippen LogP contribution in [-0.2, 0) is 23.9 Å². The van der Waals surface area contributed by atoms with Gasteiger partial charge in [-0.1, -0.05) is 6.92 Å². The van der Waals surface area contributed by atoms with Crippen LogP contribution >= 0.6 is 0 Å². The number of hydrogen-bond donors (Lipinski definition) is 1. The number of ether oxygens (including phenoxy) is 2. The van der Waals surface area contributed by atoms with Crippen LogP contribution in [0.3, 0.4) is 0 Å². The summed E-state index contributed by atoms with van der Waals surface area (Å²) >= 11 is 0. The Kier molecular flexibility index (Phi) is 6.34. The van der Waals surface area contributed by atoms with Crippen LogP contribution in [0.15, 0.2) is 22.7 Å². The molecule has 1 unspecified atom stereocenters. The number of aliphatic carboxylic acids is 1. The molecule has 1 rings (SSSR count). The Balaban J connectivity index is 2.82. The predicted octanol–water partition coefficient (Wildman–Crippen LogP) is 2.24. The van der Waals surface area contributed by atoms with Gasteiger partial charge in [-0.15, -0.1) is 0 Å². The first-order valence-electron chi connectivity index (χ1n) is 7.16. The summed E-state index contributed by atoms with van der Waals surface area (Å²) in [5.74, 6) is -1.48. The quantitative estimate of drug-likeness (QED) is 0.691. The van der Waals surface area contributed by atoms with E-state index in [2.05, 4.69) is 0 Å². The number of carboxylic acids is 1. The molecule has 0 saturated heterocycles. The summed E-state index contributed by atoms with van der Waals surface area (Å²) in [6, 6.07) is 0. The minimum absolute atomic E-state index is 0.0623. The molecule has 0 bridgehead atoms. The smallest absolute Gasteiger partial charge is 0.303 e. The highest BCUT2D eigenvalue weighted by Crippen LogP contribution is 2.29. The van der Waals surface area contributed by atoms with E-state index in [9.17, 15) is 14.4 Å². The van der Waals surface area contributed by atoms with Crippen LogP contribution in [0.25, 0.3) is 0 Å². The molecule has 0 amide bonds. The Morgan fingerprint density at radius 3 is 2.14 bits per heavy atom. The lowest BCUT2D eigenvalue weighted by molar-refractivity contribution is -0.137. The molecule has 0 fully saturated rings. The second kappa shape index (κ2) is 7.77. The predicted molar refractivity (Wildman–Crippen MR) is 79.0 cm³/mol. The summed E-state index contributed by atoms with van der Waals surface area (Å²) in [4.78, 5) is 35.1. The van der Waals surface area contributed by atoms with Crippen LogP contribution < -0.4 is 0 Å². The molecule has 1 aliphatic rings. The second-order valence-electron chi connectivity index (χ2n) is 5.40. The van der Waals surface area contributed by atoms with Crippen molar-refractivity contribution >= 4 is 17.5 Å². The molecule has 0 aromatic rings. The van der Waals surface area contributed by atoms with Gasteiger partial charge in [0.25, 0.3) is 0 Å². The lowest BCUT2D eigenvalue weighted by Gasteiger charge is -2.21. The van der Waals surface area contributed by atoms with Crippen molar-refractivity contribution in [2.24, 2.45) is 5.92 Å². The maximum Gasteiger partial charge on any atom is 0.303 e. The van der Waals surface area contributed by atoms with E-state index < -0.39 is 5.97 Å². The van der Waals surface area contributed by atoms with Gasteiger partial charge >= 0.3 is 5.97 Å². The number of carboxylic acid groups (broad SMARTS) is 1. The Labute approximate surface area is 129 Å². The molecule has 0 aromatic heterocycles. The number of carbonyl (C=O) groups is 3. The van der Waals surface area contributed by atoms with Crippen LogP contribution in [-0.4, -0.2) is 36.9 Å². The largest absolute Gasteiger partial charge is 0.489 e. The third-order valence-electron chi connectivity index (χ3n) is 3.83. The Morgan fingerprint density at radius 2 is 1.64 bits per heavy atom. The van der Waals surface area contributed by atoms with Crippen LogP contribution in [0.4, 0.5) is 0 Å². The van der Waals surface area contributed by atoms with E-state index in [1.807, 2.05) is 6.92 Å².